The van der Waals surface area contributed by atoms with Crippen LogP contribution in [0.15, 0.2) is 47.4 Å². The molecule has 6 nitrogen and oxygen atoms in total. The molecule has 0 aliphatic rings. The molecule has 0 radical (unpaired) electrons. The molecule has 0 aliphatic heterocycles. The predicted octanol–water partition coefficient (Wildman–Crippen LogP) is 2.74. The molecule has 0 fully saturated rings. The van der Waals surface area contributed by atoms with Crippen LogP contribution in [0.25, 0.3) is 0 Å². The molecule has 2 aromatic rings. The number of ether oxygens (including phenoxy) is 1. The number of halogens is 2. The summed E-state index contributed by atoms with van der Waals surface area (Å²) in [5, 5.41) is 2.61. The predicted molar refractivity (Wildman–Crippen MR) is 101 cm³/mol. The van der Waals surface area contributed by atoms with Gasteiger partial charge < -0.3 is 10.1 Å². The highest BCUT2D eigenvalue weighted by Gasteiger charge is 2.25. The van der Waals surface area contributed by atoms with Crippen LogP contribution >= 0.6 is 22.6 Å². The molecule has 1 unspecified atom stereocenters. The van der Waals surface area contributed by atoms with Crippen molar-refractivity contribution >= 4 is 44.2 Å². The molecular formula is C16H16FIN2O4S. The normalized spacial score (nSPS) is 12.5. The maximum Gasteiger partial charge on any atom is 0.245 e. The molecule has 1 amide bonds. The number of sulfonamides is 1. The lowest BCUT2D eigenvalue weighted by Crippen LogP contribution is -2.41. The van der Waals surface area contributed by atoms with Crippen molar-refractivity contribution in [3.8, 4) is 5.75 Å². The van der Waals surface area contributed by atoms with Crippen LogP contribution in [-0.4, -0.2) is 27.5 Å². The number of carbonyl (C=O) groups is 1. The third-order valence-electron chi connectivity index (χ3n) is 3.25. The summed E-state index contributed by atoms with van der Waals surface area (Å²) in [5.74, 6) is -1.28. The number of rotatable bonds is 6. The largest absolute Gasteiger partial charge is 0.495 e. The Hall–Kier alpha value is -1.72. The van der Waals surface area contributed by atoms with E-state index in [1.807, 2.05) is 12.1 Å². The van der Waals surface area contributed by atoms with Gasteiger partial charge in [0.1, 0.15) is 16.5 Å². The Morgan fingerprint density at radius 1 is 1.20 bits per heavy atom. The fourth-order valence-corrected chi connectivity index (χ4v) is 3.74. The van der Waals surface area contributed by atoms with Gasteiger partial charge >= 0.3 is 0 Å². The Morgan fingerprint density at radius 3 is 2.44 bits per heavy atom. The number of benzene rings is 2. The van der Waals surface area contributed by atoms with Crippen LogP contribution in [0.3, 0.4) is 0 Å². The van der Waals surface area contributed by atoms with Gasteiger partial charge in [0.15, 0.2) is 0 Å². The molecule has 2 rings (SSSR count). The SMILES string of the molecule is COc1ccc(F)cc1S(=O)(=O)NC(C)C(=O)Nc1ccc(I)cc1. The van der Waals surface area contributed by atoms with E-state index in [1.165, 1.54) is 20.1 Å². The Balaban J connectivity index is 2.15. The van der Waals surface area contributed by atoms with Crippen molar-refractivity contribution in [1.29, 1.82) is 0 Å². The van der Waals surface area contributed by atoms with E-state index in [9.17, 15) is 17.6 Å². The Labute approximate surface area is 159 Å². The van der Waals surface area contributed by atoms with Crippen molar-refractivity contribution in [1.82, 2.24) is 4.72 Å². The molecule has 0 bridgehead atoms. The van der Waals surface area contributed by atoms with E-state index < -0.39 is 27.8 Å². The second-order valence-corrected chi connectivity index (χ2v) is 8.06. The van der Waals surface area contributed by atoms with E-state index in [0.717, 1.165) is 15.7 Å². The Bertz CT molecular complexity index is 872. The first-order chi connectivity index (χ1) is 11.7. The first kappa shape index (κ1) is 19.6. The Morgan fingerprint density at radius 2 is 1.84 bits per heavy atom. The summed E-state index contributed by atoms with van der Waals surface area (Å²) < 4.78 is 46.4. The minimum absolute atomic E-state index is 0.0147. The highest BCUT2D eigenvalue weighted by atomic mass is 127. The van der Waals surface area contributed by atoms with E-state index in [0.29, 0.717) is 5.69 Å². The summed E-state index contributed by atoms with van der Waals surface area (Å²) in [6, 6.07) is 9.09. The molecule has 0 saturated carbocycles. The maximum atomic E-state index is 13.4. The lowest BCUT2D eigenvalue weighted by atomic mass is 10.3. The highest BCUT2D eigenvalue weighted by Crippen LogP contribution is 2.24. The van der Waals surface area contributed by atoms with Crippen molar-refractivity contribution in [3.05, 3.63) is 51.9 Å². The number of hydrogen-bond acceptors (Lipinski definition) is 4. The van der Waals surface area contributed by atoms with Gasteiger partial charge in [0.05, 0.1) is 13.2 Å². The van der Waals surface area contributed by atoms with Gasteiger partial charge in [-0.1, -0.05) is 0 Å². The number of nitrogens with one attached hydrogen (secondary N) is 2. The number of amides is 1. The van der Waals surface area contributed by atoms with Gasteiger partial charge in [-0.25, -0.2) is 12.8 Å². The topological polar surface area (TPSA) is 84.5 Å². The van der Waals surface area contributed by atoms with Crippen molar-refractivity contribution in [2.45, 2.75) is 17.9 Å². The van der Waals surface area contributed by atoms with Crippen LogP contribution in [0, 0.1) is 9.39 Å². The molecule has 0 saturated heterocycles. The van der Waals surface area contributed by atoms with E-state index >= 15 is 0 Å². The fraction of sp³-hybridized carbons (Fsp3) is 0.188. The molecule has 2 N–H and O–H groups in total. The number of anilines is 1. The van der Waals surface area contributed by atoms with E-state index in [-0.39, 0.29) is 10.6 Å². The zero-order chi connectivity index (χ0) is 18.6. The van der Waals surface area contributed by atoms with Gasteiger partial charge in [-0.2, -0.15) is 4.72 Å². The van der Waals surface area contributed by atoms with Gasteiger partial charge in [0, 0.05) is 9.26 Å². The maximum absolute atomic E-state index is 13.4. The van der Waals surface area contributed by atoms with Crippen molar-refractivity contribution in [2.75, 3.05) is 12.4 Å². The number of hydrogen-bond donors (Lipinski definition) is 2. The third kappa shape index (κ3) is 5.13. The van der Waals surface area contributed by atoms with Crippen molar-refractivity contribution < 1.29 is 22.3 Å². The van der Waals surface area contributed by atoms with Crippen LogP contribution in [0.5, 0.6) is 5.75 Å². The molecule has 0 aliphatic carbocycles. The summed E-state index contributed by atoms with van der Waals surface area (Å²) in [6.45, 7) is 1.39. The van der Waals surface area contributed by atoms with Crippen molar-refractivity contribution in [3.63, 3.8) is 0 Å². The van der Waals surface area contributed by atoms with E-state index in [4.69, 9.17) is 4.74 Å². The molecule has 0 aromatic heterocycles. The fourth-order valence-electron chi connectivity index (χ4n) is 1.99. The lowest BCUT2D eigenvalue weighted by molar-refractivity contribution is -0.117. The van der Waals surface area contributed by atoms with Gasteiger partial charge in [-0.05, 0) is 72.0 Å². The summed E-state index contributed by atoms with van der Waals surface area (Å²) in [4.78, 5) is 11.8. The van der Waals surface area contributed by atoms with Crippen LogP contribution in [0.2, 0.25) is 0 Å². The molecule has 0 heterocycles. The molecule has 134 valence electrons. The quantitative estimate of drug-likeness (QED) is 0.626. The first-order valence-corrected chi connectivity index (χ1v) is 9.71. The number of carbonyl (C=O) groups excluding carboxylic acids is 1. The average molecular weight is 478 g/mol. The van der Waals surface area contributed by atoms with E-state index in [2.05, 4.69) is 32.6 Å². The van der Waals surface area contributed by atoms with E-state index in [1.54, 1.807) is 12.1 Å². The monoisotopic (exact) mass is 478 g/mol. The van der Waals surface area contributed by atoms with Crippen LogP contribution in [0.4, 0.5) is 10.1 Å². The minimum Gasteiger partial charge on any atom is -0.495 e. The van der Waals surface area contributed by atoms with Crippen LogP contribution in [0.1, 0.15) is 6.92 Å². The number of methoxy groups -OCH3 is 1. The highest BCUT2D eigenvalue weighted by molar-refractivity contribution is 14.1. The van der Waals surface area contributed by atoms with Gasteiger partial charge in [0.2, 0.25) is 15.9 Å². The molecular weight excluding hydrogens is 462 g/mol. The molecule has 0 spiro atoms. The average Bonchev–Trinajstić information content (AvgIpc) is 2.56. The second kappa shape index (κ2) is 8.11. The van der Waals surface area contributed by atoms with Gasteiger partial charge in [-0.3, -0.25) is 4.79 Å². The summed E-state index contributed by atoms with van der Waals surface area (Å²) >= 11 is 2.13. The Kier molecular flexibility index (Phi) is 6.36. The molecule has 25 heavy (non-hydrogen) atoms. The van der Waals surface area contributed by atoms with Gasteiger partial charge in [-0.15, -0.1) is 0 Å². The molecule has 2 aromatic carbocycles. The summed E-state index contributed by atoms with van der Waals surface area (Å²) in [7, 11) is -2.87. The first-order valence-electron chi connectivity index (χ1n) is 7.15. The lowest BCUT2D eigenvalue weighted by Gasteiger charge is -2.16. The van der Waals surface area contributed by atoms with Gasteiger partial charge in [0.25, 0.3) is 0 Å². The standard InChI is InChI=1S/C16H16FIN2O4S/c1-10(16(21)19-13-6-4-12(18)5-7-13)20-25(22,23)15-9-11(17)3-8-14(15)24-2/h3-10,20H,1-2H3,(H,19,21). The third-order valence-corrected chi connectivity index (χ3v) is 5.53. The summed E-state index contributed by atoms with van der Waals surface area (Å²) in [6.07, 6.45) is 0. The van der Waals surface area contributed by atoms with Crippen LogP contribution in [-0.2, 0) is 14.8 Å². The zero-order valence-corrected chi connectivity index (χ0v) is 16.4. The zero-order valence-electron chi connectivity index (χ0n) is 13.4. The second-order valence-electron chi connectivity index (χ2n) is 5.13. The van der Waals surface area contributed by atoms with Crippen LogP contribution < -0.4 is 14.8 Å². The smallest absolute Gasteiger partial charge is 0.245 e. The molecule has 9 heteroatoms. The molecule has 1 atom stereocenters. The minimum atomic E-state index is -4.15. The van der Waals surface area contributed by atoms with Crippen molar-refractivity contribution in [2.24, 2.45) is 0 Å². The summed E-state index contributed by atoms with van der Waals surface area (Å²) in [5.41, 5.74) is 0.541.